The van der Waals surface area contributed by atoms with E-state index in [1.807, 2.05) is 7.05 Å². The van der Waals surface area contributed by atoms with Crippen LogP contribution in [0.2, 0.25) is 0 Å². The lowest BCUT2D eigenvalue weighted by Crippen LogP contribution is -2.21. The average molecular weight is 376 g/mol. The van der Waals surface area contributed by atoms with Crippen molar-refractivity contribution in [3.63, 3.8) is 0 Å². The minimum absolute atomic E-state index is 0.0527. The number of aromatic nitrogens is 1. The Morgan fingerprint density at radius 3 is 2.56 bits per heavy atom. The second-order valence-electron chi connectivity index (χ2n) is 7.61. The summed E-state index contributed by atoms with van der Waals surface area (Å²) in [5.41, 5.74) is 2.54. The SMILES string of the molecule is CNCC(c1cc2c(c(-c3ccc(F)cc3)n1)OCC2C(F)F)C1CC1C. The first-order chi connectivity index (χ1) is 13.0. The smallest absolute Gasteiger partial charge is 0.248 e. The molecule has 0 amide bonds. The molecule has 1 saturated carbocycles. The molecule has 4 rings (SSSR count). The number of nitrogens with one attached hydrogen (secondary N) is 1. The van der Waals surface area contributed by atoms with Gasteiger partial charge >= 0.3 is 0 Å². The highest BCUT2D eigenvalue weighted by atomic mass is 19.3. The monoisotopic (exact) mass is 376 g/mol. The Hall–Kier alpha value is -2.08. The van der Waals surface area contributed by atoms with Crippen molar-refractivity contribution in [3.05, 3.63) is 47.4 Å². The van der Waals surface area contributed by atoms with E-state index in [1.165, 1.54) is 12.1 Å². The highest BCUT2D eigenvalue weighted by Crippen LogP contribution is 2.50. The van der Waals surface area contributed by atoms with E-state index in [2.05, 4.69) is 12.2 Å². The Balaban J connectivity index is 1.84. The molecule has 2 aromatic rings. The third-order valence-corrected chi connectivity index (χ3v) is 5.74. The number of nitrogens with zero attached hydrogens (tertiary/aromatic N) is 1. The molecular weight excluding hydrogens is 353 g/mol. The molecule has 1 aliphatic heterocycles. The molecule has 27 heavy (non-hydrogen) atoms. The van der Waals surface area contributed by atoms with Crippen molar-refractivity contribution in [1.82, 2.24) is 10.3 Å². The molecule has 1 aromatic heterocycles. The van der Waals surface area contributed by atoms with Crippen LogP contribution in [0.5, 0.6) is 5.75 Å². The Morgan fingerprint density at radius 1 is 1.26 bits per heavy atom. The molecule has 4 unspecified atom stereocenters. The van der Waals surface area contributed by atoms with Crippen LogP contribution in [0.25, 0.3) is 11.3 Å². The van der Waals surface area contributed by atoms with Crippen LogP contribution in [0, 0.1) is 17.7 Å². The van der Waals surface area contributed by atoms with E-state index in [4.69, 9.17) is 9.72 Å². The molecule has 1 N–H and O–H groups in total. The molecule has 3 nitrogen and oxygen atoms in total. The van der Waals surface area contributed by atoms with Crippen LogP contribution in [0.1, 0.15) is 36.4 Å². The van der Waals surface area contributed by atoms with Gasteiger partial charge in [0.2, 0.25) is 6.43 Å². The first-order valence-electron chi connectivity index (χ1n) is 9.36. The average Bonchev–Trinajstić information content (AvgIpc) is 3.20. The van der Waals surface area contributed by atoms with Crippen molar-refractivity contribution in [3.8, 4) is 17.0 Å². The molecule has 0 spiro atoms. The summed E-state index contributed by atoms with van der Waals surface area (Å²) in [6, 6.07) is 7.74. The van der Waals surface area contributed by atoms with Gasteiger partial charge in [-0.05, 0) is 55.6 Å². The number of benzene rings is 1. The highest BCUT2D eigenvalue weighted by molar-refractivity contribution is 5.70. The molecule has 1 aliphatic carbocycles. The van der Waals surface area contributed by atoms with E-state index >= 15 is 0 Å². The van der Waals surface area contributed by atoms with Gasteiger partial charge in [0.15, 0.2) is 0 Å². The van der Waals surface area contributed by atoms with E-state index in [1.54, 1.807) is 18.2 Å². The Morgan fingerprint density at radius 2 is 1.96 bits per heavy atom. The van der Waals surface area contributed by atoms with Gasteiger partial charge in [0.25, 0.3) is 0 Å². The van der Waals surface area contributed by atoms with Crippen molar-refractivity contribution in [2.45, 2.75) is 31.6 Å². The van der Waals surface area contributed by atoms with Gasteiger partial charge in [-0.3, -0.25) is 0 Å². The van der Waals surface area contributed by atoms with Crippen molar-refractivity contribution >= 4 is 0 Å². The number of ether oxygens (including phenoxy) is 1. The third-order valence-electron chi connectivity index (χ3n) is 5.74. The van der Waals surface area contributed by atoms with Crippen LogP contribution >= 0.6 is 0 Å². The van der Waals surface area contributed by atoms with Gasteiger partial charge in [-0.1, -0.05) is 6.92 Å². The molecule has 0 saturated heterocycles. The largest absolute Gasteiger partial charge is 0.490 e. The van der Waals surface area contributed by atoms with E-state index in [0.717, 1.165) is 18.7 Å². The molecule has 144 valence electrons. The standard InChI is InChI=1S/C21H23F3N2O/c1-11-7-14(11)16(9-25-2)18-8-15-17(21(23)24)10-27-20(15)19(26-18)12-3-5-13(22)6-4-12/h3-6,8,11,14,16-17,21,25H,7,9-10H2,1-2H3. The summed E-state index contributed by atoms with van der Waals surface area (Å²) in [4.78, 5) is 4.82. The minimum atomic E-state index is -2.50. The maximum Gasteiger partial charge on any atom is 0.248 e. The number of hydrogen-bond donors (Lipinski definition) is 1. The number of halogens is 3. The highest BCUT2D eigenvalue weighted by Gasteiger charge is 2.42. The fourth-order valence-electron chi connectivity index (χ4n) is 4.07. The minimum Gasteiger partial charge on any atom is -0.490 e. The van der Waals surface area contributed by atoms with Crippen LogP contribution in [-0.4, -0.2) is 31.6 Å². The van der Waals surface area contributed by atoms with Gasteiger partial charge in [-0.2, -0.15) is 0 Å². The second-order valence-corrected chi connectivity index (χ2v) is 7.61. The van der Waals surface area contributed by atoms with Gasteiger partial charge in [0.1, 0.15) is 23.9 Å². The van der Waals surface area contributed by atoms with Crippen LogP contribution in [0.4, 0.5) is 13.2 Å². The fraction of sp³-hybridized carbons (Fsp3) is 0.476. The summed E-state index contributed by atoms with van der Waals surface area (Å²) in [5, 5.41) is 3.21. The van der Waals surface area contributed by atoms with E-state index < -0.39 is 12.3 Å². The predicted octanol–water partition coefficient (Wildman–Crippen LogP) is 4.59. The van der Waals surface area contributed by atoms with E-state index in [9.17, 15) is 13.2 Å². The third kappa shape index (κ3) is 3.43. The lowest BCUT2D eigenvalue weighted by Gasteiger charge is -2.19. The maximum atomic E-state index is 13.6. The van der Waals surface area contributed by atoms with Crippen molar-refractivity contribution in [2.75, 3.05) is 20.2 Å². The number of hydrogen-bond acceptors (Lipinski definition) is 3. The Bertz CT molecular complexity index is 825. The summed E-state index contributed by atoms with van der Waals surface area (Å²) in [6.07, 6.45) is -1.38. The number of fused-ring (bicyclic) bond motifs is 1. The quantitative estimate of drug-likeness (QED) is 0.801. The zero-order valence-electron chi connectivity index (χ0n) is 15.4. The normalized spacial score (nSPS) is 24.6. The number of alkyl halides is 2. The lowest BCUT2D eigenvalue weighted by molar-refractivity contribution is 0.102. The second kappa shape index (κ2) is 7.15. The number of likely N-dealkylation sites (N-methyl/N-ethyl adjacent to an activating group) is 1. The molecular formula is C21H23F3N2O. The van der Waals surface area contributed by atoms with Crippen LogP contribution in [0.3, 0.4) is 0 Å². The zero-order valence-corrected chi connectivity index (χ0v) is 15.4. The molecule has 6 heteroatoms. The summed E-state index contributed by atoms with van der Waals surface area (Å²) in [6.45, 7) is 2.89. The molecule has 2 aliphatic rings. The number of pyridine rings is 1. The van der Waals surface area contributed by atoms with E-state index in [0.29, 0.717) is 34.4 Å². The van der Waals surface area contributed by atoms with Crippen LogP contribution in [-0.2, 0) is 0 Å². The van der Waals surface area contributed by atoms with Gasteiger partial charge < -0.3 is 10.1 Å². The van der Waals surface area contributed by atoms with Crippen LogP contribution < -0.4 is 10.1 Å². The van der Waals surface area contributed by atoms with Gasteiger partial charge in [-0.25, -0.2) is 18.2 Å². The topological polar surface area (TPSA) is 34.2 Å². The lowest BCUT2D eigenvalue weighted by atomic mass is 9.92. The maximum absolute atomic E-state index is 13.6. The molecule has 0 radical (unpaired) electrons. The van der Waals surface area contributed by atoms with Crippen molar-refractivity contribution < 1.29 is 17.9 Å². The summed E-state index contributed by atoms with van der Waals surface area (Å²) < 4.78 is 46.1. The summed E-state index contributed by atoms with van der Waals surface area (Å²) in [7, 11) is 1.89. The van der Waals surface area contributed by atoms with Gasteiger partial charge in [0.05, 0.1) is 5.92 Å². The molecule has 1 fully saturated rings. The molecule has 2 heterocycles. The van der Waals surface area contributed by atoms with Crippen LogP contribution in [0.15, 0.2) is 30.3 Å². The summed E-state index contributed by atoms with van der Waals surface area (Å²) >= 11 is 0. The first kappa shape index (κ1) is 18.3. The van der Waals surface area contributed by atoms with Crippen molar-refractivity contribution in [2.24, 2.45) is 11.8 Å². The van der Waals surface area contributed by atoms with Gasteiger partial charge in [0, 0.05) is 29.3 Å². The molecule has 1 aromatic carbocycles. The van der Waals surface area contributed by atoms with Gasteiger partial charge in [-0.15, -0.1) is 0 Å². The predicted molar refractivity (Wildman–Crippen MR) is 97.8 cm³/mol. The Kier molecular flexibility index (Phi) is 4.84. The van der Waals surface area contributed by atoms with E-state index in [-0.39, 0.29) is 18.3 Å². The molecule has 0 bridgehead atoms. The first-order valence-corrected chi connectivity index (χ1v) is 9.36. The molecule has 4 atom stereocenters. The zero-order chi connectivity index (χ0) is 19.1. The van der Waals surface area contributed by atoms with Crippen molar-refractivity contribution in [1.29, 1.82) is 0 Å². The fourth-order valence-corrected chi connectivity index (χ4v) is 4.07. The summed E-state index contributed by atoms with van der Waals surface area (Å²) in [5.74, 6) is 0.368. The Labute approximate surface area is 157 Å². The number of rotatable bonds is 6.